The molecule has 2 N–H and O–H groups in total. The number of amides is 2. The summed E-state index contributed by atoms with van der Waals surface area (Å²) in [6, 6.07) is 6.06. The number of hydrogen-bond donors (Lipinski definition) is 2. The Labute approximate surface area is 293 Å². The Bertz CT molecular complexity index is 1190. The zero-order valence-electron chi connectivity index (χ0n) is 30.5. The van der Waals surface area contributed by atoms with Gasteiger partial charge in [-0.1, -0.05) is 83.7 Å². The average molecular weight is 689 g/mol. The van der Waals surface area contributed by atoms with Crippen molar-refractivity contribution in [3.63, 3.8) is 0 Å². The predicted octanol–water partition coefficient (Wildman–Crippen LogP) is 4.69. The van der Waals surface area contributed by atoms with Crippen molar-refractivity contribution in [3.8, 4) is 0 Å². The SMILES string of the molecule is CCCC[N+](CCCC)(CCCC)CCCC.COC(=O)/C=C(\C)NC(C(=O)N[C@@H]1C(=O)N2[C@@H]1SC(C)(C)[C@@H]2C(=O)[O-])c1ccccc1. The molecule has 2 saturated heterocycles. The summed E-state index contributed by atoms with van der Waals surface area (Å²) in [6.07, 6.45) is 12.3. The van der Waals surface area contributed by atoms with Crippen LogP contribution in [0, 0.1) is 0 Å². The zero-order valence-corrected chi connectivity index (χ0v) is 31.3. The highest BCUT2D eigenvalue weighted by Crippen LogP contribution is 2.50. The van der Waals surface area contributed by atoms with E-state index in [1.165, 1.54) is 112 Å². The number of hydrogen-bond acceptors (Lipinski definition) is 8. The van der Waals surface area contributed by atoms with Crippen LogP contribution >= 0.6 is 11.8 Å². The van der Waals surface area contributed by atoms with Crippen molar-refractivity contribution >= 4 is 35.5 Å². The lowest BCUT2D eigenvalue weighted by molar-refractivity contribution is -0.929. The number of quaternary nitrogens is 1. The molecule has 3 rings (SSSR count). The van der Waals surface area contributed by atoms with Gasteiger partial charge in [-0.05, 0) is 52.0 Å². The summed E-state index contributed by atoms with van der Waals surface area (Å²) >= 11 is 1.32. The Balaban J connectivity index is 0.000000401. The summed E-state index contributed by atoms with van der Waals surface area (Å²) in [5, 5.41) is 16.8. The topological polar surface area (TPSA) is 128 Å². The molecule has 270 valence electrons. The molecule has 2 heterocycles. The van der Waals surface area contributed by atoms with Gasteiger partial charge in [0, 0.05) is 16.5 Å². The number of carboxylic acid groups (broad SMARTS) is 1. The summed E-state index contributed by atoms with van der Waals surface area (Å²) in [6.45, 7) is 20.1. The van der Waals surface area contributed by atoms with Gasteiger partial charge in [0.1, 0.15) is 17.5 Å². The highest BCUT2D eigenvalue weighted by molar-refractivity contribution is 8.01. The van der Waals surface area contributed by atoms with E-state index in [-0.39, 0.29) is 0 Å². The van der Waals surface area contributed by atoms with E-state index >= 15 is 0 Å². The first-order chi connectivity index (χ1) is 22.8. The van der Waals surface area contributed by atoms with Gasteiger partial charge in [-0.25, -0.2) is 4.79 Å². The minimum Gasteiger partial charge on any atom is -0.548 e. The number of fused-ring (bicyclic) bond motifs is 1. The summed E-state index contributed by atoms with van der Waals surface area (Å²) in [4.78, 5) is 50.1. The van der Waals surface area contributed by atoms with E-state index in [0.29, 0.717) is 11.3 Å². The normalized spacial score (nSPS) is 20.5. The fourth-order valence-electron chi connectivity index (χ4n) is 6.46. The van der Waals surface area contributed by atoms with Crippen molar-refractivity contribution < 1.29 is 33.5 Å². The fraction of sp³-hybridized carbons (Fsp3) is 0.676. The van der Waals surface area contributed by atoms with Crippen LogP contribution in [0.15, 0.2) is 42.1 Å². The lowest BCUT2D eigenvalue weighted by Gasteiger charge is -2.45. The maximum absolute atomic E-state index is 13.1. The van der Waals surface area contributed by atoms with Crippen LogP contribution in [0.1, 0.15) is 111 Å². The number of nitrogens with zero attached hydrogens (tertiary/aromatic N) is 2. The van der Waals surface area contributed by atoms with E-state index in [1.807, 2.05) is 0 Å². The van der Waals surface area contributed by atoms with Crippen molar-refractivity contribution in [1.82, 2.24) is 15.5 Å². The number of β-lactam (4-membered cyclic amide) rings is 1. The number of thioether (sulfide) groups is 1. The zero-order chi connectivity index (χ0) is 35.9. The van der Waals surface area contributed by atoms with E-state index in [4.69, 9.17) is 0 Å². The number of esters is 1. The molecule has 0 aliphatic carbocycles. The number of methoxy groups -OCH3 is 1. The molecule has 1 unspecified atom stereocenters. The monoisotopic (exact) mass is 688 g/mol. The van der Waals surface area contributed by atoms with Gasteiger partial charge in [0.15, 0.2) is 0 Å². The van der Waals surface area contributed by atoms with Crippen molar-refractivity contribution in [1.29, 1.82) is 0 Å². The van der Waals surface area contributed by atoms with E-state index in [1.54, 1.807) is 51.1 Å². The second-order valence-electron chi connectivity index (χ2n) is 13.6. The van der Waals surface area contributed by atoms with Crippen LogP contribution in [0.3, 0.4) is 0 Å². The third-order valence-corrected chi connectivity index (χ3v) is 10.8. The average Bonchev–Trinajstić information content (AvgIpc) is 3.33. The van der Waals surface area contributed by atoms with Crippen molar-refractivity contribution in [2.75, 3.05) is 33.3 Å². The Morgan fingerprint density at radius 2 is 1.46 bits per heavy atom. The molecule has 1 aromatic carbocycles. The number of carboxylic acids is 1. The molecule has 4 atom stereocenters. The number of aliphatic carboxylic acids is 1. The molecule has 0 saturated carbocycles. The van der Waals surface area contributed by atoms with Crippen LogP contribution in [0.25, 0.3) is 0 Å². The third-order valence-electron chi connectivity index (χ3n) is 9.21. The number of unbranched alkanes of at least 4 members (excludes halogenated alkanes) is 4. The molecule has 2 amide bonds. The number of allylic oxidation sites excluding steroid dienone is 1. The van der Waals surface area contributed by atoms with Gasteiger partial charge in [0.05, 0.1) is 45.3 Å². The summed E-state index contributed by atoms with van der Waals surface area (Å²) in [5.41, 5.74) is 1.04. The van der Waals surface area contributed by atoms with E-state index in [9.17, 15) is 24.3 Å². The third kappa shape index (κ3) is 11.3. The number of benzene rings is 1. The first-order valence-electron chi connectivity index (χ1n) is 17.7. The lowest BCUT2D eigenvalue weighted by atomic mass is 9.95. The highest BCUT2D eigenvalue weighted by Gasteiger charge is 2.62. The molecule has 0 bridgehead atoms. The summed E-state index contributed by atoms with van der Waals surface area (Å²) in [5.74, 6) is -2.82. The van der Waals surface area contributed by atoms with E-state index in [2.05, 4.69) is 43.1 Å². The lowest BCUT2D eigenvalue weighted by Crippen LogP contribution is -2.72. The Hall–Kier alpha value is -3.05. The number of rotatable bonds is 19. The van der Waals surface area contributed by atoms with Crippen molar-refractivity contribution in [2.45, 2.75) is 128 Å². The van der Waals surface area contributed by atoms with Gasteiger partial charge in [0.25, 0.3) is 0 Å². The molecule has 10 nitrogen and oxygen atoms in total. The van der Waals surface area contributed by atoms with Crippen LogP contribution in [0.5, 0.6) is 0 Å². The molecular weight excluding hydrogens is 628 g/mol. The summed E-state index contributed by atoms with van der Waals surface area (Å²) in [7, 11) is 1.25. The minimum atomic E-state index is -1.31. The Morgan fingerprint density at radius 1 is 0.958 bits per heavy atom. The number of ether oxygens (including phenoxy) is 1. The van der Waals surface area contributed by atoms with Gasteiger partial charge in [-0.3, -0.25) is 9.59 Å². The molecule has 0 spiro atoms. The van der Waals surface area contributed by atoms with Gasteiger partial charge >= 0.3 is 5.97 Å². The number of carbonyl (C=O) groups is 4. The van der Waals surface area contributed by atoms with E-state index in [0.717, 1.165) is 0 Å². The first-order valence-corrected chi connectivity index (χ1v) is 18.6. The van der Waals surface area contributed by atoms with Crippen molar-refractivity contribution in [2.24, 2.45) is 0 Å². The van der Waals surface area contributed by atoms with Gasteiger partial charge in [-0.2, -0.15) is 0 Å². The molecule has 48 heavy (non-hydrogen) atoms. The van der Waals surface area contributed by atoms with Crippen LogP contribution in [-0.4, -0.2) is 88.6 Å². The molecule has 2 fully saturated rings. The number of carbonyl (C=O) groups excluding carboxylic acids is 4. The summed E-state index contributed by atoms with van der Waals surface area (Å²) < 4.78 is 5.29. The minimum absolute atomic E-state index is 0.408. The molecule has 2 aliphatic heterocycles. The number of nitrogens with one attached hydrogen (secondary N) is 2. The second-order valence-corrected chi connectivity index (χ2v) is 15.3. The second kappa shape index (κ2) is 19.8. The fourth-order valence-corrected chi connectivity index (χ4v) is 8.08. The van der Waals surface area contributed by atoms with Crippen LogP contribution < -0.4 is 15.7 Å². The van der Waals surface area contributed by atoms with Gasteiger partial charge in [-0.15, -0.1) is 11.8 Å². The van der Waals surface area contributed by atoms with Crippen LogP contribution in [-0.2, 0) is 23.9 Å². The molecule has 11 heteroatoms. The smallest absolute Gasteiger partial charge is 0.332 e. The molecule has 2 aliphatic rings. The van der Waals surface area contributed by atoms with E-state index < -0.39 is 52.0 Å². The highest BCUT2D eigenvalue weighted by atomic mass is 32.2. The predicted molar refractivity (Wildman–Crippen MR) is 190 cm³/mol. The maximum Gasteiger partial charge on any atom is 0.332 e. The quantitative estimate of drug-likeness (QED) is 0.0928. The van der Waals surface area contributed by atoms with Gasteiger partial charge in [0.2, 0.25) is 11.8 Å². The first kappa shape index (κ1) is 41.1. The molecule has 0 radical (unpaired) electrons. The van der Waals surface area contributed by atoms with Crippen molar-refractivity contribution in [3.05, 3.63) is 47.7 Å². The molecular formula is C37H60N4O6S. The van der Waals surface area contributed by atoms with Crippen LogP contribution in [0.4, 0.5) is 0 Å². The standard InChI is InChI=1S/C21H25N3O6S.C16H36N/c1-11(10-13(25)30-4)22-14(12-8-6-5-7-9-12)17(26)23-15-18(27)24-16(20(28)29)21(2,3)31-19(15)24;1-5-9-13-17(14-10-6-2,15-11-7-3)16-12-8-4/h5-10,14-16,19,22H,1-4H3,(H,23,26)(H,28,29);5-16H2,1-4H3/q;+1/p-1/b11-10+;/t14?,15-,16+,19-;/m1./s1. The Morgan fingerprint density at radius 3 is 1.90 bits per heavy atom. The maximum atomic E-state index is 13.1. The molecule has 1 aromatic rings. The van der Waals surface area contributed by atoms with Crippen LogP contribution in [0.2, 0.25) is 0 Å². The largest absolute Gasteiger partial charge is 0.548 e. The molecule has 0 aromatic heterocycles. The Kier molecular flexibility index (Phi) is 17.0. The van der Waals surface area contributed by atoms with Gasteiger partial charge < -0.3 is 34.7 Å².